The van der Waals surface area contributed by atoms with E-state index >= 15 is 0 Å². The molecule has 0 unspecified atom stereocenters. The molecule has 6 nitrogen and oxygen atoms in total. The van der Waals surface area contributed by atoms with Gasteiger partial charge in [-0.05, 0) is 31.0 Å². The van der Waals surface area contributed by atoms with E-state index in [1.165, 1.54) is 0 Å². The Morgan fingerprint density at radius 1 is 1.38 bits per heavy atom. The van der Waals surface area contributed by atoms with E-state index in [9.17, 15) is 9.59 Å². The first-order valence-electron chi connectivity index (χ1n) is 7.40. The molecule has 2 heterocycles. The summed E-state index contributed by atoms with van der Waals surface area (Å²) in [7, 11) is 0. The molecular weight excluding hydrogens is 268 g/mol. The van der Waals surface area contributed by atoms with Crippen LogP contribution in [0.3, 0.4) is 0 Å². The summed E-state index contributed by atoms with van der Waals surface area (Å²) < 4.78 is 0. The van der Waals surface area contributed by atoms with Gasteiger partial charge in [0.25, 0.3) is 0 Å². The smallest absolute Gasteiger partial charge is 0.239 e. The van der Waals surface area contributed by atoms with E-state index in [-0.39, 0.29) is 18.4 Å². The zero-order chi connectivity index (χ0) is 14.9. The Balaban J connectivity index is 1.49. The van der Waals surface area contributed by atoms with Crippen molar-refractivity contribution in [2.45, 2.75) is 25.8 Å². The molecule has 1 aliphatic rings. The number of amides is 2. The SMILES string of the molecule is O=C(CN1CCCC1=O)NCCCNCc1cccnc1. The van der Waals surface area contributed by atoms with Crippen LogP contribution in [-0.4, -0.2) is 47.9 Å². The average Bonchev–Trinajstić information content (AvgIpc) is 2.89. The number of hydrogen-bond acceptors (Lipinski definition) is 4. The van der Waals surface area contributed by atoms with Gasteiger partial charge >= 0.3 is 0 Å². The van der Waals surface area contributed by atoms with E-state index in [0.717, 1.165) is 31.5 Å². The third-order valence-corrected chi connectivity index (χ3v) is 3.41. The number of carbonyl (C=O) groups excluding carboxylic acids is 2. The number of nitrogens with one attached hydrogen (secondary N) is 2. The molecule has 0 saturated carbocycles. The Morgan fingerprint density at radius 2 is 2.29 bits per heavy atom. The molecule has 2 N–H and O–H groups in total. The third-order valence-electron chi connectivity index (χ3n) is 3.41. The van der Waals surface area contributed by atoms with Crippen LogP contribution in [0.1, 0.15) is 24.8 Å². The van der Waals surface area contributed by atoms with Crippen molar-refractivity contribution < 1.29 is 9.59 Å². The van der Waals surface area contributed by atoms with Crippen LogP contribution in [0.25, 0.3) is 0 Å². The van der Waals surface area contributed by atoms with Crippen LogP contribution in [0.4, 0.5) is 0 Å². The van der Waals surface area contributed by atoms with Crippen LogP contribution >= 0.6 is 0 Å². The van der Waals surface area contributed by atoms with Crippen LogP contribution in [0.2, 0.25) is 0 Å². The molecule has 0 radical (unpaired) electrons. The van der Waals surface area contributed by atoms with E-state index in [0.29, 0.717) is 19.5 Å². The molecule has 2 rings (SSSR count). The molecule has 1 aromatic rings. The minimum absolute atomic E-state index is 0.0718. The lowest BCUT2D eigenvalue weighted by Crippen LogP contribution is -2.38. The van der Waals surface area contributed by atoms with Gasteiger partial charge in [0.05, 0.1) is 6.54 Å². The summed E-state index contributed by atoms with van der Waals surface area (Å²) in [4.78, 5) is 28.7. The largest absolute Gasteiger partial charge is 0.355 e. The predicted molar refractivity (Wildman–Crippen MR) is 79.4 cm³/mol. The van der Waals surface area contributed by atoms with Crippen molar-refractivity contribution in [3.63, 3.8) is 0 Å². The van der Waals surface area contributed by atoms with E-state index in [2.05, 4.69) is 15.6 Å². The molecule has 0 bridgehead atoms. The molecule has 2 amide bonds. The summed E-state index contributed by atoms with van der Waals surface area (Å²) in [6.45, 7) is 3.14. The minimum atomic E-state index is -0.0718. The van der Waals surface area contributed by atoms with Gasteiger partial charge in [-0.2, -0.15) is 0 Å². The van der Waals surface area contributed by atoms with Gasteiger partial charge in [0.1, 0.15) is 0 Å². The molecular formula is C15H22N4O2. The summed E-state index contributed by atoms with van der Waals surface area (Å²) in [5, 5.41) is 6.14. The lowest BCUT2D eigenvalue weighted by atomic mass is 10.3. The van der Waals surface area contributed by atoms with Crippen molar-refractivity contribution in [2.75, 3.05) is 26.2 Å². The lowest BCUT2D eigenvalue weighted by molar-refractivity contribution is -0.133. The maximum Gasteiger partial charge on any atom is 0.239 e. The van der Waals surface area contributed by atoms with Crippen LogP contribution in [-0.2, 0) is 16.1 Å². The quantitative estimate of drug-likeness (QED) is 0.675. The molecule has 1 saturated heterocycles. The van der Waals surface area contributed by atoms with Crippen molar-refractivity contribution in [1.82, 2.24) is 20.5 Å². The maximum absolute atomic E-state index is 11.7. The minimum Gasteiger partial charge on any atom is -0.355 e. The van der Waals surface area contributed by atoms with Crippen molar-refractivity contribution in [1.29, 1.82) is 0 Å². The molecule has 0 aliphatic carbocycles. The number of likely N-dealkylation sites (tertiary alicyclic amines) is 1. The van der Waals surface area contributed by atoms with E-state index in [4.69, 9.17) is 0 Å². The monoisotopic (exact) mass is 290 g/mol. The second-order valence-electron chi connectivity index (χ2n) is 5.16. The van der Waals surface area contributed by atoms with Gasteiger partial charge in [0.2, 0.25) is 11.8 Å². The highest BCUT2D eigenvalue weighted by atomic mass is 16.2. The predicted octanol–water partition coefficient (Wildman–Crippen LogP) is 0.300. The van der Waals surface area contributed by atoms with E-state index in [1.54, 1.807) is 11.1 Å². The molecule has 0 atom stereocenters. The number of nitrogens with zero attached hydrogens (tertiary/aromatic N) is 2. The first-order chi connectivity index (χ1) is 10.3. The first kappa shape index (κ1) is 15.4. The maximum atomic E-state index is 11.7. The Hall–Kier alpha value is -1.95. The Kier molecular flexibility index (Phi) is 6.15. The lowest BCUT2D eigenvalue weighted by Gasteiger charge is -2.14. The fourth-order valence-electron chi connectivity index (χ4n) is 2.28. The van der Waals surface area contributed by atoms with Crippen LogP contribution < -0.4 is 10.6 Å². The van der Waals surface area contributed by atoms with Gasteiger partial charge in [-0.3, -0.25) is 14.6 Å². The fraction of sp³-hybridized carbons (Fsp3) is 0.533. The highest BCUT2D eigenvalue weighted by molar-refractivity contribution is 5.85. The van der Waals surface area contributed by atoms with Gasteiger partial charge in [-0.1, -0.05) is 6.07 Å². The Morgan fingerprint density at radius 3 is 3.00 bits per heavy atom. The van der Waals surface area contributed by atoms with Gasteiger partial charge in [0.15, 0.2) is 0 Å². The number of rotatable bonds is 8. The molecule has 1 aromatic heterocycles. The van der Waals surface area contributed by atoms with E-state index in [1.807, 2.05) is 18.3 Å². The second kappa shape index (κ2) is 8.36. The molecule has 21 heavy (non-hydrogen) atoms. The summed E-state index contributed by atoms with van der Waals surface area (Å²) in [5.74, 6) is 0.0146. The standard InChI is InChI=1S/C15H22N4O2/c20-14(12-19-9-2-5-15(19)21)18-8-3-7-17-11-13-4-1-6-16-10-13/h1,4,6,10,17H,2-3,5,7-9,11-12H2,(H,18,20). The van der Waals surface area contributed by atoms with Gasteiger partial charge in [-0.25, -0.2) is 0 Å². The van der Waals surface area contributed by atoms with Crippen molar-refractivity contribution in [2.24, 2.45) is 0 Å². The van der Waals surface area contributed by atoms with Crippen LogP contribution in [0.15, 0.2) is 24.5 Å². The molecule has 114 valence electrons. The van der Waals surface area contributed by atoms with E-state index < -0.39 is 0 Å². The topological polar surface area (TPSA) is 74.3 Å². The number of carbonyl (C=O) groups is 2. The fourth-order valence-corrected chi connectivity index (χ4v) is 2.28. The second-order valence-corrected chi connectivity index (χ2v) is 5.16. The van der Waals surface area contributed by atoms with Crippen molar-refractivity contribution >= 4 is 11.8 Å². The third kappa shape index (κ3) is 5.51. The summed E-state index contributed by atoms with van der Waals surface area (Å²) in [6.07, 6.45) is 5.89. The van der Waals surface area contributed by atoms with Gasteiger partial charge in [0, 0.05) is 38.4 Å². The van der Waals surface area contributed by atoms with Crippen LogP contribution in [0, 0.1) is 0 Å². The number of hydrogen-bond donors (Lipinski definition) is 2. The molecule has 0 spiro atoms. The molecule has 1 aliphatic heterocycles. The number of aromatic nitrogens is 1. The number of pyridine rings is 1. The van der Waals surface area contributed by atoms with Crippen molar-refractivity contribution in [3.05, 3.63) is 30.1 Å². The Bertz CT molecular complexity index is 464. The summed E-state index contributed by atoms with van der Waals surface area (Å²) >= 11 is 0. The molecule has 1 fully saturated rings. The van der Waals surface area contributed by atoms with Crippen molar-refractivity contribution in [3.8, 4) is 0 Å². The van der Waals surface area contributed by atoms with Gasteiger partial charge in [-0.15, -0.1) is 0 Å². The summed E-state index contributed by atoms with van der Waals surface area (Å²) in [6, 6.07) is 3.94. The first-order valence-corrected chi connectivity index (χ1v) is 7.40. The zero-order valence-electron chi connectivity index (χ0n) is 12.2. The highest BCUT2D eigenvalue weighted by Crippen LogP contribution is 2.08. The Labute approximate surface area is 124 Å². The normalized spacial score (nSPS) is 14.5. The van der Waals surface area contributed by atoms with Crippen LogP contribution in [0.5, 0.6) is 0 Å². The molecule has 6 heteroatoms. The highest BCUT2D eigenvalue weighted by Gasteiger charge is 2.21. The molecule has 0 aromatic carbocycles. The average molecular weight is 290 g/mol. The van der Waals surface area contributed by atoms with Gasteiger partial charge < -0.3 is 15.5 Å². The zero-order valence-corrected chi connectivity index (χ0v) is 12.2. The summed E-state index contributed by atoms with van der Waals surface area (Å²) in [5.41, 5.74) is 1.15.